The number of hydrogen-bond acceptors (Lipinski definition) is 11. The number of esters is 2. The Morgan fingerprint density at radius 1 is 0.485 bits per heavy atom. The van der Waals surface area contributed by atoms with Crippen LogP contribution in [0.25, 0.3) is 0 Å². The molecule has 0 atom stereocenters. The van der Waals surface area contributed by atoms with E-state index in [9.17, 15) is 43.3 Å². The number of rotatable bonds is 6. The van der Waals surface area contributed by atoms with Crippen molar-refractivity contribution in [3.05, 3.63) is 47.5 Å². The molecule has 0 spiro atoms. The first-order chi connectivity index (χ1) is 14.7. The van der Waals surface area contributed by atoms with Crippen molar-refractivity contribution in [1.82, 2.24) is 0 Å². The fraction of sp³-hybridized carbons (Fsp3) is 0. The fourth-order valence-corrected chi connectivity index (χ4v) is 4.53. The second-order valence-electron chi connectivity index (χ2n) is 5.96. The van der Waals surface area contributed by atoms with Crippen LogP contribution >= 0.6 is 0 Å². The van der Waals surface area contributed by atoms with Crippen molar-refractivity contribution < 1.29 is 66.2 Å². The smallest absolute Gasteiger partial charge is 0.346 e. The minimum absolute atomic E-state index is 0.275. The van der Waals surface area contributed by atoms with Crippen LogP contribution in [0.5, 0.6) is 0 Å². The van der Waals surface area contributed by atoms with Gasteiger partial charge in [-0.3, -0.25) is 18.2 Å². The molecule has 0 amide bonds. The number of carbonyl (C=O) groups is 2. The first-order valence-corrected chi connectivity index (χ1v) is 13.4. The number of carbonyl (C=O) groups excluding carboxylic acids is 2. The van der Waals surface area contributed by atoms with Crippen molar-refractivity contribution in [2.24, 2.45) is 0 Å². The summed E-state index contributed by atoms with van der Waals surface area (Å²) in [4.78, 5) is 19.7. The van der Waals surface area contributed by atoms with Gasteiger partial charge in [0.2, 0.25) is 0 Å². The van der Waals surface area contributed by atoms with Crippen LogP contribution in [0, 0.1) is 0 Å². The van der Waals surface area contributed by atoms with E-state index in [0.29, 0.717) is 24.3 Å². The second-order valence-corrected chi connectivity index (χ2v) is 11.6. The molecule has 2 rings (SSSR count). The molecule has 0 heterocycles. The Hall–Kier alpha value is -2.78. The van der Waals surface area contributed by atoms with Gasteiger partial charge >= 0.3 is 11.9 Å². The van der Waals surface area contributed by atoms with Crippen LogP contribution < -0.4 is 0 Å². The lowest BCUT2D eigenvalue weighted by Gasteiger charge is -2.08. The molecular weight excluding hydrogens is 536 g/mol. The molecule has 0 radical (unpaired) electrons. The first-order valence-electron chi connectivity index (χ1n) is 7.66. The summed E-state index contributed by atoms with van der Waals surface area (Å²) in [5, 5.41) is 0. The van der Waals surface area contributed by atoms with Gasteiger partial charge in [0.15, 0.2) is 0 Å². The number of benzene rings is 2. The van der Waals surface area contributed by atoms with Crippen LogP contribution in [-0.2, 0) is 45.2 Å². The molecule has 2 aromatic carbocycles. The van der Waals surface area contributed by atoms with Gasteiger partial charge in [0, 0.05) is 0 Å². The van der Waals surface area contributed by atoms with Crippen LogP contribution in [0.4, 0.5) is 0 Å². The zero-order chi connectivity index (χ0) is 25.6. The lowest BCUT2D eigenvalue weighted by atomic mass is 10.2. The summed E-state index contributed by atoms with van der Waals surface area (Å²) in [5.41, 5.74) is -2.01. The van der Waals surface area contributed by atoms with E-state index in [-0.39, 0.29) is 12.1 Å². The molecule has 33 heavy (non-hydrogen) atoms. The summed E-state index contributed by atoms with van der Waals surface area (Å²) < 4.78 is 131. The lowest BCUT2D eigenvalue weighted by molar-refractivity contribution is 0.0397. The van der Waals surface area contributed by atoms with E-state index in [1.807, 2.05) is 0 Å². The average molecular weight is 546 g/mol. The molecule has 0 unspecified atom stereocenters. The highest BCUT2D eigenvalue weighted by Crippen LogP contribution is 2.22. The molecular formula is C14H10O15S4. The topological polar surface area (TPSA) is 261 Å². The van der Waals surface area contributed by atoms with Crippen LogP contribution in [0.3, 0.4) is 0 Å². The Bertz CT molecular complexity index is 1380. The average Bonchev–Trinajstić information content (AvgIpc) is 2.64. The minimum Gasteiger partial charge on any atom is -0.386 e. The van der Waals surface area contributed by atoms with Crippen molar-refractivity contribution in [3.8, 4) is 0 Å². The predicted octanol–water partition coefficient (Wildman–Crippen LogP) is -0.329. The van der Waals surface area contributed by atoms with Gasteiger partial charge < -0.3 is 4.74 Å². The largest absolute Gasteiger partial charge is 0.386 e. The van der Waals surface area contributed by atoms with Gasteiger partial charge in [-0.1, -0.05) is 0 Å². The van der Waals surface area contributed by atoms with Crippen molar-refractivity contribution in [1.29, 1.82) is 0 Å². The molecule has 0 aromatic heterocycles. The van der Waals surface area contributed by atoms with Gasteiger partial charge in [0.1, 0.15) is 0 Å². The highest BCUT2D eigenvalue weighted by molar-refractivity contribution is 7.87. The molecule has 180 valence electrons. The SMILES string of the molecule is O=C(OC(=O)c1cc(S(=O)(=O)O)cc(S(=O)(=O)O)c1)c1cc(S(=O)(=O)O)cc(S(=O)(=O)O)c1. The van der Waals surface area contributed by atoms with Crippen molar-refractivity contribution >= 4 is 52.4 Å². The van der Waals surface area contributed by atoms with E-state index in [0.717, 1.165) is 0 Å². The van der Waals surface area contributed by atoms with Crippen LogP contribution in [0.1, 0.15) is 20.7 Å². The molecule has 0 bridgehead atoms. The summed E-state index contributed by atoms with van der Waals surface area (Å²) in [6.45, 7) is 0. The van der Waals surface area contributed by atoms with Gasteiger partial charge in [-0.25, -0.2) is 9.59 Å². The van der Waals surface area contributed by atoms with E-state index in [1.165, 1.54) is 0 Å². The Kier molecular flexibility index (Phi) is 6.85. The van der Waals surface area contributed by atoms with Crippen molar-refractivity contribution in [3.63, 3.8) is 0 Å². The maximum absolute atomic E-state index is 12.2. The van der Waals surface area contributed by atoms with Gasteiger partial charge in [-0.05, 0) is 36.4 Å². The second kappa shape index (κ2) is 8.53. The van der Waals surface area contributed by atoms with Gasteiger partial charge in [-0.2, -0.15) is 33.7 Å². The molecule has 2 aromatic rings. The van der Waals surface area contributed by atoms with E-state index in [4.69, 9.17) is 18.2 Å². The molecule has 0 aliphatic heterocycles. The van der Waals surface area contributed by atoms with Crippen LogP contribution in [0.15, 0.2) is 56.0 Å². The molecule has 0 aliphatic rings. The van der Waals surface area contributed by atoms with Gasteiger partial charge in [0.25, 0.3) is 40.5 Å². The van der Waals surface area contributed by atoms with Gasteiger partial charge in [0.05, 0.1) is 30.7 Å². The van der Waals surface area contributed by atoms with Crippen molar-refractivity contribution in [2.45, 2.75) is 19.6 Å². The van der Waals surface area contributed by atoms with E-state index in [1.54, 1.807) is 0 Å². The summed E-state index contributed by atoms with van der Waals surface area (Å²) in [5.74, 6) is -3.58. The van der Waals surface area contributed by atoms with E-state index < -0.39 is 83.1 Å². The van der Waals surface area contributed by atoms with E-state index >= 15 is 0 Å². The highest BCUT2D eigenvalue weighted by Gasteiger charge is 2.25. The standard InChI is InChI=1S/C14H10O15S4/c15-13(7-1-9(30(17,18)19)5-10(2-7)31(20,21)22)29-14(16)8-3-11(32(23,24)25)6-12(4-8)33(26,27)28/h1-6H,(H,17,18,19)(H,20,21,22)(H,23,24,25)(H,26,27,28). The maximum Gasteiger partial charge on any atom is 0.346 e. The molecule has 0 aliphatic carbocycles. The predicted molar refractivity (Wildman–Crippen MR) is 102 cm³/mol. The molecule has 15 nitrogen and oxygen atoms in total. The Balaban J connectivity index is 2.58. The van der Waals surface area contributed by atoms with Crippen LogP contribution in [-0.4, -0.2) is 63.8 Å². The van der Waals surface area contributed by atoms with Crippen molar-refractivity contribution in [2.75, 3.05) is 0 Å². The molecule has 0 saturated heterocycles. The number of ether oxygens (including phenoxy) is 1. The summed E-state index contributed by atoms with van der Waals surface area (Å²) >= 11 is 0. The Morgan fingerprint density at radius 2 is 0.697 bits per heavy atom. The normalized spacial score (nSPS) is 12.8. The Morgan fingerprint density at radius 3 is 0.879 bits per heavy atom. The molecule has 4 N–H and O–H groups in total. The molecule has 19 heteroatoms. The third-order valence-corrected chi connectivity index (χ3v) is 6.93. The Labute approximate surface area is 185 Å². The van der Waals surface area contributed by atoms with Crippen LogP contribution in [0.2, 0.25) is 0 Å². The summed E-state index contributed by atoms with van der Waals surface area (Å²) in [6, 6.07) is 1.99. The van der Waals surface area contributed by atoms with E-state index in [2.05, 4.69) is 4.74 Å². The molecule has 0 fully saturated rings. The first kappa shape index (κ1) is 26.5. The quantitative estimate of drug-likeness (QED) is 0.205. The third-order valence-electron chi connectivity index (χ3n) is 3.61. The molecule has 0 saturated carbocycles. The highest BCUT2D eigenvalue weighted by atomic mass is 32.2. The fourth-order valence-electron chi connectivity index (χ4n) is 2.18. The monoisotopic (exact) mass is 546 g/mol. The maximum atomic E-state index is 12.2. The lowest BCUT2D eigenvalue weighted by Crippen LogP contribution is -2.16. The zero-order valence-corrected chi connectivity index (χ0v) is 18.6. The number of hydrogen-bond donors (Lipinski definition) is 4. The summed E-state index contributed by atoms with van der Waals surface area (Å²) in [7, 11) is -20.5. The summed E-state index contributed by atoms with van der Waals surface area (Å²) in [6.07, 6.45) is 0. The van der Waals surface area contributed by atoms with Gasteiger partial charge in [-0.15, -0.1) is 0 Å². The minimum atomic E-state index is -5.12. The third kappa shape index (κ3) is 6.61. The zero-order valence-electron chi connectivity index (χ0n) is 15.4.